The number of hydrogen-bond donors (Lipinski definition) is 1. The molecule has 0 saturated carbocycles. The second-order valence-electron chi connectivity index (χ2n) is 4.02. The van der Waals surface area contributed by atoms with E-state index in [4.69, 9.17) is 4.74 Å². The smallest absolute Gasteiger partial charge is 0.323 e. The zero-order chi connectivity index (χ0) is 12.9. The minimum atomic E-state index is -1.53. The number of aliphatic carboxylic acids is 1. The van der Waals surface area contributed by atoms with Crippen molar-refractivity contribution in [2.24, 2.45) is 5.41 Å². The summed E-state index contributed by atoms with van der Waals surface area (Å²) in [6.07, 6.45) is 0.127. The van der Waals surface area contributed by atoms with Crippen LogP contribution in [0.25, 0.3) is 0 Å². The van der Waals surface area contributed by atoms with Crippen molar-refractivity contribution in [3.8, 4) is 0 Å². The Morgan fingerprint density at radius 2 is 1.88 bits per heavy atom. The van der Waals surface area contributed by atoms with E-state index in [9.17, 15) is 14.7 Å². The lowest BCUT2D eigenvalue weighted by molar-refractivity contribution is -0.167. The maximum absolute atomic E-state index is 11.7. The molecule has 1 aromatic rings. The van der Waals surface area contributed by atoms with E-state index in [0.717, 1.165) is 5.56 Å². The van der Waals surface area contributed by atoms with Crippen molar-refractivity contribution in [1.82, 2.24) is 0 Å². The van der Waals surface area contributed by atoms with Gasteiger partial charge in [-0.25, -0.2) is 0 Å². The Labute approximate surface area is 100 Å². The third-order valence-electron chi connectivity index (χ3n) is 2.60. The molecule has 0 bridgehead atoms. The van der Waals surface area contributed by atoms with E-state index in [-0.39, 0.29) is 13.0 Å². The van der Waals surface area contributed by atoms with Gasteiger partial charge in [-0.2, -0.15) is 0 Å². The highest BCUT2D eigenvalue weighted by Gasteiger charge is 2.42. The van der Waals surface area contributed by atoms with Gasteiger partial charge in [0.15, 0.2) is 5.41 Å². The highest BCUT2D eigenvalue weighted by atomic mass is 16.5. The Morgan fingerprint density at radius 3 is 2.35 bits per heavy atom. The summed E-state index contributed by atoms with van der Waals surface area (Å²) in [4.78, 5) is 22.9. The van der Waals surface area contributed by atoms with E-state index in [1.54, 1.807) is 19.1 Å². The number of esters is 1. The third-order valence-corrected chi connectivity index (χ3v) is 2.60. The monoisotopic (exact) mass is 236 g/mol. The first-order valence-electron chi connectivity index (χ1n) is 5.45. The van der Waals surface area contributed by atoms with E-state index < -0.39 is 17.4 Å². The summed E-state index contributed by atoms with van der Waals surface area (Å²) in [5.41, 5.74) is -0.734. The van der Waals surface area contributed by atoms with Gasteiger partial charge < -0.3 is 9.84 Å². The number of carboxylic acids is 1. The van der Waals surface area contributed by atoms with Gasteiger partial charge in [0.1, 0.15) is 0 Å². The fourth-order valence-corrected chi connectivity index (χ4v) is 1.53. The van der Waals surface area contributed by atoms with E-state index in [0.29, 0.717) is 0 Å². The van der Waals surface area contributed by atoms with Gasteiger partial charge in [0, 0.05) is 0 Å². The summed E-state index contributed by atoms with van der Waals surface area (Å²) < 4.78 is 4.82. The maximum Gasteiger partial charge on any atom is 0.323 e. The number of hydrogen-bond acceptors (Lipinski definition) is 3. The van der Waals surface area contributed by atoms with Crippen molar-refractivity contribution in [2.75, 3.05) is 6.61 Å². The third kappa shape index (κ3) is 3.06. The van der Waals surface area contributed by atoms with Crippen LogP contribution in [0.4, 0.5) is 0 Å². The SMILES string of the molecule is CCOC(=O)C(C)(Cc1ccccc1)C(=O)O. The summed E-state index contributed by atoms with van der Waals surface area (Å²) in [6, 6.07) is 9.04. The molecule has 0 fully saturated rings. The summed E-state index contributed by atoms with van der Waals surface area (Å²) in [5, 5.41) is 9.19. The van der Waals surface area contributed by atoms with Crippen LogP contribution in [0.2, 0.25) is 0 Å². The van der Waals surface area contributed by atoms with Crippen LogP contribution in [-0.4, -0.2) is 23.7 Å². The largest absolute Gasteiger partial charge is 0.480 e. The summed E-state index contributed by atoms with van der Waals surface area (Å²) in [7, 11) is 0. The minimum Gasteiger partial charge on any atom is -0.480 e. The molecule has 0 spiro atoms. The predicted octanol–water partition coefficient (Wildman–Crippen LogP) is 1.88. The van der Waals surface area contributed by atoms with E-state index in [2.05, 4.69) is 0 Å². The highest BCUT2D eigenvalue weighted by Crippen LogP contribution is 2.25. The molecule has 1 atom stereocenters. The molecule has 17 heavy (non-hydrogen) atoms. The molecule has 0 amide bonds. The number of benzene rings is 1. The van der Waals surface area contributed by atoms with Crippen LogP contribution in [0.1, 0.15) is 19.4 Å². The van der Waals surface area contributed by atoms with Crippen LogP contribution in [0, 0.1) is 5.41 Å². The normalized spacial score (nSPS) is 13.8. The molecular formula is C13H16O4. The molecule has 0 radical (unpaired) electrons. The molecule has 92 valence electrons. The van der Waals surface area contributed by atoms with Crippen molar-refractivity contribution >= 4 is 11.9 Å². The van der Waals surface area contributed by atoms with Crippen molar-refractivity contribution in [3.63, 3.8) is 0 Å². The highest BCUT2D eigenvalue weighted by molar-refractivity contribution is 5.99. The average molecular weight is 236 g/mol. The molecule has 1 aromatic carbocycles. The molecule has 4 nitrogen and oxygen atoms in total. The van der Waals surface area contributed by atoms with E-state index in [1.807, 2.05) is 18.2 Å². The zero-order valence-corrected chi connectivity index (χ0v) is 9.97. The molecule has 1 rings (SSSR count). The Hall–Kier alpha value is -1.84. The van der Waals surface area contributed by atoms with E-state index in [1.165, 1.54) is 6.92 Å². The fraction of sp³-hybridized carbons (Fsp3) is 0.385. The zero-order valence-electron chi connectivity index (χ0n) is 9.97. The minimum absolute atomic E-state index is 0.127. The van der Waals surface area contributed by atoms with E-state index >= 15 is 0 Å². The summed E-state index contributed by atoms with van der Waals surface area (Å²) >= 11 is 0. The number of carboxylic acid groups (broad SMARTS) is 1. The van der Waals surface area contributed by atoms with Gasteiger partial charge in [-0.1, -0.05) is 30.3 Å². The van der Waals surface area contributed by atoms with Crippen LogP contribution < -0.4 is 0 Å². The van der Waals surface area contributed by atoms with Gasteiger partial charge >= 0.3 is 11.9 Å². The van der Waals surface area contributed by atoms with Crippen molar-refractivity contribution in [1.29, 1.82) is 0 Å². The van der Waals surface area contributed by atoms with Gasteiger partial charge in [-0.15, -0.1) is 0 Å². The van der Waals surface area contributed by atoms with Crippen LogP contribution in [0.5, 0.6) is 0 Å². The lowest BCUT2D eigenvalue weighted by atomic mass is 9.83. The molecule has 0 aromatic heterocycles. The molecule has 0 heterocycles. The van der Waals surface area contributed by atoms with Crippen LogP contribution in [0.3, 0.4) is 0 Å². The number of carbonyl (C=O) groups excluding carboxylic acids is 1. The Kier molecular flexibility index (Phi) is 4.26. The molecule has 1 unspecified atom stereocenters. The number of carbonyl (C=O) groups is 2. The molecule has 0 aliphatic heterocycles. The Morgan fingerprint density at radius 1 is 1.29 bits per heavy atom. The fourth-order valence-electron chi connectivity index (χ4n) is 1.53. The molecular weight excluding hydrogens is 220 g/mol. The average Bonchev–Trinajstić information content (AvgIpc) is 2.30. The van der Waals surface area contributed by atoms with Crippen molar-refractivity contribution in [2.45, 2.75) is 20.3 Å². The van der Waals surface area contributed by atoms with Gasteiger partial charge in [0.25, 0.3) is 0 Å². The quantitative estimate of drug-likeness (QED) is 0.626. The number of ether oxygens (including phenoxy) is 1. The standard InChI is InChI=1S/C13H16O4/c1-3-17-12(16)13(2,11(14)15)9-10-7-5-4-6-8-10/h4-8H,3,9H2,1-2H3,(H,14,15). The molecule has 4 heteroatoms. The first-order chi connectivity index (χ1) is 8.00. The Bertz CT molecular complexity index is 399. The predicted molar refractivity (Wildman–Crippen MR) is 62.5 cm³/mol. The van der Waals surface area contributed by atoms with Gasteiger partial charge in [-0.3, -0.25) is 9.59 Å². The second kappa shape index (κ2) is 5.48. The molecule has 1 N–H and O–H groups in total. The Balaban J connectivity index is 2.93. The van der Waals surface area contributed by atoms with Crippen molar-refractivity contribution < 1.29 is 19.4 Å². The van der Waals surface area contributed by atoms with Gasteiger partial charge in [-0.05, 0) is 25.8 Å². The lowest BCUT2D eigenvalue weighted by Gasteiger charge is -2.22. The summed E-state index contributed by atoms with van der Waals surface area (Å²) in [5.74, 6) is -1.86. The van der Waals surface area contributed by atoms with Crippen LogP contribution in [-0.2, 0) is 20.7 Å². The van der Waals surface area contributed by atoms with Crippen molar-refractivity contribution in [3.05, 3.63) is 35.9 Å². The van der Waals surface area contributed by atoms with Gasteiger partial charge in [0.2, 0.25) is 0 Å². The molecule has 0 saturated heterocycles. The second-order valence-corrected chi connectivity index (χ2v) is 4.02. The topological polar surface area (TPSA) is 63.6 Å². The van der Waals surface area contributed by atoms with Gasteiger partial charge in [0.05, 0.1) is 6.61 Å². The first kappa shape index (κ1) is 13.2. The summed E-state index contributed by atoms with van der Waals surface area (Å²) in [6.45, 7) is 3.22. The lowest BCUT2D eigenvalue weighted by Crippen LogP contribution is -2.39. The number of rotatable bonds is 5. The maximum atomic E-state index is 11.7. The van der Waals surface area contributed by atoms with Crippen LogP contribution in [0.15, 0.2) is 30.3 Å². The van der Waals surface area contributed by atoms with Crippen LogP contribution >= 0.6 is 0 Å². The molecule has 0 aliphatic carbocycles. The molecule has 0 aliphatic rings. The first-order valence-corrected chi connectivity index (χ1v) is 5.45.